The molecule has 78 valence electrons. The number of piperidine rings is 1. The van der Waals surface area contributed by atoms with Gasteiger partial charge in [0, 0.05) is 32.1 Å². The maximum atomic E-state index is 11.6. The smallest absolute Gasteiger partial charge is 0.222 e. The zero-order valence-electron chi connectivity index (χ0n) is 8.75. The summed E-state index contributed by atoms with van der Waals surface area (Å²) in [5, 5.41) is 3.64. The van der Waals surface area contributed by atoms with Crippen molar-refractivity contribution >= 4 is 5.91 Å². The summed E-state index contributed by atoms with van der Waals surface area (Å²) in [6, 6.07) is 1.40. The first-order valence-electron chi connectivity index (χ1n) is 5.67. The Morgan fingerprint density at radius 2 is 2.00 bits per heavy atom. The molecule has 1 amide bonds. The van der Waals surface area contributed by atoms with E-state index in [1.165, 1.54) is 25.7 Å². The van der Waals surface area contributed by atoms with Crippen LogP contribution in [0.15, 0.2) is 0 Å². The first-order valence-corrected chi connectivity index (χ1v) is 5.67. The van der Waals surface area contributed by atoms with Crippen LogP contribution in [-0.2, 0) is 4.79 Å². The zero-order chi connectivity index (χ0) is 9.76. The van der Waals surface area contributed by atoms with Gasteiger partial charge < -0.3 is 10.2 Å². The first kappa shape index (κ1) is 8.72. The van der Waals surface area contributed by atoms with E-state index in [0.29, 0.717) is 23.4 Å². The number of fused-ring (bicyclic) bond motifs is 2. The van der Waals surface area contributed by atoms with Gasteiger partial charge in [0.05, 0.1) is 0 Å². The summed E-state index contributed by atoms with van der Waals surface area (Å²) in [5.74, 6) is 0.353. The zero-order valence-corrected chi connectivity index (χ0v) is 8.75. The van der Waals surface area contributed by atoms with Gasteiger partial charge in [-0.15, -0.1) is 0 Å². The van der Waals surface area contributed by atoms with Crippen molar-refractivity contribution < 1.29 is 4.79 Å². The van der Waals surface area contributed by atoms with Crippen LogP contribution in [0.1, 0.15) is 32.1 Å². The largest absolute Gasteiger partial charge is 0.345 e. The topological polar surface area (TPSA) is 32.3 Å². The van der Waals surface area contributed by atoms with Crippen molar-refractivity contribution in [2.24, 2.45) is 5.41 Å². The van der Waals surface area contributed by atoms with Crippen molar-refractivity contribution in [3.8, 4) is 0 Å². The highest BCUT2D eigenvalue weighted by Crippen LogP contribution is 2.46. The minimum Gasteiger partial charge on any atom is -0.345 e. The molecule has 14 heavy (non-hydrogen) atoms. The van der Waals surface area contributed by atoms with Crippen molar-refractivity contribution in [2.75, 3.05) is 13.6 Å². The van der Waals surface area contributed by atoms with Gasteiger partial charge in [-0.3, -0.25) is 4.79 Å². The van der Waals surface area contributed by atoms with Gasteiger partial charge in [0.1, 0.15) is 0 Å². The van der Waals surface area contributed by atoms with Crippen molar-refractivity contribution in [3.05, 3.63) is 0 Å². The third kappa shape index (κ3) is 1.18. The van der Waals surface area contributed by atoms with E-state index in [2.05, 4.69) is 5.32 Å². The molecule has 3 heterocycles. The number of nitrogens with one attached hydrogen (secondary N) is 1. The fourth-order valence-corrected chi connectivity index (χ4v) is 3.73. The monoisotopic (exact) mass is 194 g/mol. The lowest BCUT2D eigenvalue weighted by Gasteiger charge is -2.37. The molecule has 2 atom stereocenters. The van der Waals surface area contributed by atoms with Crippen LogP contribution in [0.4, 0.5) is 0 Å². The summed E-state index contributed by atoms with van der Waals surface area (Å²) in [6.45, 7) is 1.00. The van der Waals surface area contributed by atoms with E-state index in [9.17, 15) is 4.79 Å². The summed E-state index contributed by atoms with van der Waals surface area (Å²) in [7, 11) is 1.95. The molecule has 0 saturated carbocycles. The molecule has 2 unspecified atom stereocenters. The third-order valence-electron chi connectivity index (χ3n) is 4.22. The minimum atomic E-state index is 0.336. The second kappa shape index (κ2) is 2.72. The third-order valence-corrected chi connectivity index (χ3v) is 4.22. The first-order chi connectivity index (χ1) is 6.67. The fraction of sp³-hybridized carbons (Fsp3) is 0.909. The lowest BCUT2D eigenvalue weighted by molar-refractivity contribution is -0.126. The Bertz CT molecular complexity index is 264. The standard InChI is InChI=1S/C11H18N2O/c1-13-7-11(6-10(13)14)4-8-2-3-9(5-11)12-8/h8-9,12H,2-7H2,1H3. The van der Waals surface area contributed by atoms with E-state index in [4.69, 9.17) is 0 Å². The molecule has 3 fully saturated rings. The number of nitrogens with zero attached hydrogens (tertiary/aromatic N) is 1. The summed E-state index contributed by atoms with van der Waals surface area (Å²) in [6.07, 6.45) is 5.89. The predicted octanol–water partition coefficient (Wildman–Crippen LogP) is 0.749. The highest BCUT2D eigenvalue weighted by molar-refractivity contribution is 5.79. The molecule has 3 heteroatoms. The van der Waals surface area contributed by atoms with Gasteiger partial charge >= 0.3 is 0 Å². The highest BCUT2D eigenvalue weighted by Gasteiger charge is 2.49. The van der Waals surface area contributed by atoms with Crippen molar-refractivity contribution in [3.63, 3.8) is 0 Å². The Morgan fingerprint density at radius 1 is 1.36 bits per heavy atom. The van der Waals surface area contributed by atoms with E-state index in [1.807, 2.05) is 11.9 Å². The fourth-order valence-electron chi connectivity index (χ4n) is 3.73. The Hall–Kier alpha value is -0.570. The van der Waals surface area contributed by atoms with E-state index >= 15 is 0 Å². The molecular formula is C11H18N2O. The SMILES string of the molecule is CN1CC2(CC1=O)CC1CCC(C2)N1. The Labute approximate surface area is 84.8 Å². The lowest BCUT2D eigenvalue weighted by Crippen LogP contribution is -2.45. The van der Waals surface area contributed by atoms with Crippen molar-refractivity contribution in [1.29, 1.82) is 0 Å². The molecule has 0 aromatic carbocycles. The molecule has 0 radical (unpaired) electrons. The highest BCUT2D eigenvalue weighted by atomic mass is 16.2. The average Bonchev–Trinajstić information content (AvgIpc) is 2.56. The molecule has 0 aromatic rings. The molecule has 3 rings (SSSR count). The second-order valence-electron chi connectivity index (χ2n) is 5.47. The Morgan fingerprint density at radius 3 is 2.50 bits per heavy atom. The van der Waals surface area contributed by atoms with E-state index in [-0.39, 0.29) is 0 Å². The maximum absolute atomic E-state index is 11.6. The van der Waals surface area contributed by atoms with Crippen molar-refractivity contribution in [2.45, 2.75) is 44.2 Å². The molecular weight excluding hydrogens is 176 g/mol. The van der Waals surface area contributed by atoms with Gasteiger partial charge in [0.15, 0.2) is 0 Å². The maximum Gasteiger partial charge on any atom is 0.222 e. The molecule has 1 spiro atoms. The molecule has 0 aromatic heterocycles. The Balaban J connectivity index is 1.82. The van der Waals surface area contributed by atoms with Crippen LogP contribution >= 0.6 is 0 Å². The number of carbonyl (C=O) groups excluding carboxylic acids is 1. The van der Waals surface area contributed by atoms with Gasteiger partial charge in [-0.1, -0.05) is 0 Å². The van der Waals surface area contributed by atoms with Gasteiger partial charge in [-0.2, -0.15) is 0 Å². The molecule has 3 aliphatic heterocycles. The van der Waals surface area contributed by atoms with Crippen molar-refractivity contribution in [1.82, 2.24) is 10.2 Å². The molecule has 1 N–H and O–H groups in total. The normalized spacial score (nSPS) is 46.6. The molecule has 3 aliphatic rings. The molecule has 0 aliphatic carbocycles. The minimum absolute atomic E-state index is 0.336. The number of rotatable bonds is 0. The number of likely N-dealkylation sites (tertiary alicyclic amines) is 1. The van der Waals surface area contributed by atoms with Crippen LogP contribution in [0.25, 0.3) is 0 Å². The van der Waals surface area contributed by atoms with E-state index in [0.717, 1.165) is 13.0 Å². The summed E-state index contributed by atoms with van der Waals surface area (Å²) in [5.41, 5.74) is 0.336. The van der Waals surface area contributed by atoms with Crippen LogP contribution in [0.2, 0.25) is 0 Å². The Kier molecular flexibility index (Phi) is 1.69. The number of carbonyl (C=O) groups is 1. The van der Waals surface area contributed by atoms with E-state index < -0.39 is 0 Å². The van der Waals surface area contributed by atoms with E-state index in [1.54, 1.807) is 0 Å². The van der Waals surface area contributed by atoms with Crippen LogP contribution in [-0.4, -0.2) is 36.5 Å². The summed E-state index contributed by atoms with van der Waals surface area (Å²) in [4.78, 5) is 13.5. The predicted molar refractivity (Wildman–Crippen MR) is 53.9 cm³/mol. The number of hydrogen-bond donors (Lipinski definition) is 1. The van der Waals surface area contributed by atoms with Gasteiger partial charge in [-0.05, 0) is 31.1 Å². The molecule has 2 bridgehead atoms. The quantitative estimate of drug-likeness (QED) is 0.617. The summed E-state index contributed by atoms with van der Waals surface area (Å²) >= 11 is 0. The van der Waals surface area contributed by atoms with Crippen LogP contribution < -0.4 is 5.32 Å². The number of amides is 1. The van der Waals surface area contributed by atoms with Gasteiger partial charge in [0.25, 0.3) is 0 Å². The van der Waals surface area contributed by atoms with Crippen LogP contribution in [0, 0.1) is 5.41 Å². The summed E-state index contributed by atoms with van der Waals surface area (Å²) < 4.78 is 0. The van der Waals surface area contributed by atoms with Gasteiger partial charge in [-0.25, -0.2) is 0 Å². The molecule has 3 saturated heterocycles. The number of hydrogen-bond acceptors (Lipinski definition) is 2. The average molecular weight is 194 g/mol. The van der Waals surface area contributed by atoms with Crippen LogP contribution in [0.5, 0.6) is 0 Å². The van der Waals surface area contributed by atoms with Crippen LogP contribution in [0.3, 0.4) is 0 Å². The van der Waals surface area contributed by atoms with Gasteiger partial charge in [0.2, 0.25) is 5.91 Å². The molecule has 3 nitrogen and oxygen atoms in total. The lowest BCUT2D eigenvalue weighted by atomic mass is 9.75. The second-order valence-corrected chi connectivity index (χ2v) is 5.47.